The van der Waals surface area contributed by atoms with E-state index in [1.54, 1.807) is 28.8 Å². The van der Waals surface area contributed by atoms with E-state index in [1.165, 1.54) is 43.6 Å². The number of hydrogen-bond donors (Lipinski definition) is 3. The molecule has 0 bridgehead atoms. The van der Waals surface area contributed by atoms with Gasteiger partial charge in [0.2, 0.25) is 0 Å². The molecule has 1 saturated heterocycles. The average Bonchev–Trinajstić information content (AvgIpc) is 2.68. The van der Waals surface area contributed by atoms with E-state index in [4.69, 9.17) is 0 Å². The highest BCUT2D eigenvalue weighted by molar-refractivity contribution is 7.99. The van der Waals surface area contributed by atoms with Crippen LogP contribution in [0.4, 0.5) is 4.39 Å². The minimum absolute atomic E-state index is 0.219. The Labute approximate surface area is 159 Å². The Bertz CT molecular complexity index is 645. The summed E-state index contributed by atoms with van der Waals surface area (Å²) in [5.74, 6) is 0.434. The fourth-order valence-electron chi connectivity index (χ4n) is 3.49. The smallest absolute Gasteiger partial charge is 0.123 e. The molecule has 1 heterocycles. The van der Waals surface area contributed by atoms with Gasteiger partial charge in [-0.2, -0.15) is 0 Å². The van der Waals surface area contributed by atoms with Crippen molar-refractivity contribution in [1.82, 2.24) is 0 Å². The lowest BCUT2D eigenvalue weighted by Crippen LogP contribution is -3.13. The molecule has 5 heteroatoms. The van der Waals surface area contributed by atoms with Crippen LogP contribution in [0.3, 0.4) is 0 Å². The van der Waals surface area contributed by atoms with Crippen LogP contribution >= 0.6 is 11.8 Å². The topological polar surface area (TPSA) is 41.3 Å². The van der Waals surface area contributed by atoms with E-state index in [0.717, 1.165) is 18.0 Å². The number of quaternary nitrogens is 2. The maximum absolute atomic E-state index is 12.9. The molecule has 0 saturated carbocycles. The summed E-state index contributed by atoms with van der Waals surface area (Å²) < 4.78 is 12.9. The number of rotatable bonds is 8. The Morgan fingerprint density at radius 2 is 1.77 bits per heavy atom. The van der Waals surface area contributed by atoms with Gasteiger partial charge in [0.15, 0.2) is 0 Å². The first-order valence-corrected chi connectivity index (χ1v) is 10.4. The summed E-state index contributed by atoms with van der Waals surface area (Å²) >= 11 is 1.58. The molecule has 4 N–H and O–H groups in total. The van der Waals surface area contributed by atoms with Crippen molar-refractivity contribution in [2.24, 2.45) is 0 Å². The number of hydrogen-bond acceptors (Lipinski definition) is 2. The van der Waals surface area contributed by atoms with Gasteiger partial charge in [-0.15, -0.1) is 11.8 Å². The molecule has 0 aliphatic carbocycles. The van der Waals surface area contributed by atoms with Crippen LogP contribution in [0.25, 0.3) is 0 Å². The number of likely N-dealkylation sites (tertiary alicyclic amines) is 1. The van der Waals surface area contributed by atoms with E-state index >= 15 is 0 Å². The molecule has 3 nitrogen and oxygen atoms in total. The molecule has 1 aliphatic heterocycles. The molecule has 1 fully saturated rings. The number of benzene rings is 2. The Morgan fingerprint density at radius 1 is 1.08 bits per heavy atom. The number of piperidine rings is 1. The van der Waals surface area contributed by atoms with Crippen LogP contribution in [-0.4, -0.2) is 42.6 Å². The number of thioether (sulfide) groups is 1. The van der Waals surface area contributed by atoms with Crippen molar-refractivity contribution in [1.29, 1.82) is 0 Å². The van der Waals surface area contributed by atoms with Crippen LogP contribution in [0.2, 0.25) is 0 Å². The van der Waals surface area contributed by atoms with E-state index < -0.39 is 0 Å². The second kappa shape index (κ2) is 10.1. The molecule has 1 atom stereocenters. The zero-order valence-electron chi connectivity index (χ0n) is 15.1. The molecular weight excluding hydrogens is 347 g/mol. The van der Waals surface area contributed by atoms with Gasteiger partial charge in [-0.3, -0.25) is 0 Å². The highest BCUT2D eigenvalue weighted by Crippen LogP contribution is 2.18. The Kier molecular flexibility index (Phi) is 7.50. The van der Waals surface area contributed by atoms with Crippen molar-refractivity contribution in [2.75, 3.05) is 25.4 Å². The van der Waals surface area contributed by atoms with Gasteiger partial charge < -0.3 is 15.3 Å². The normalized spacial score (nSPS) is 21.5. The maximum atomic E-state index is 12.9. The first-order chi connectivity index (χ1) is 12.7. The first kappa shape index (κ1) is 19.4. The third kappa shape index (κ3) is 6.40. The van der Waals surface area contributed by atoms with Crippen molar-refractivity contribution in [2.45, 2.75) is 36.4 Å². The Hall–Kier alpha value is -1.40. The fourth-order valence-corrected chi connectivity index (χ4v) is 4.34. The van der Waals surface area contributed by atoms with Crippen molar-refractivity contribution in [3.05, 3.63) is 66.0 Å². The second-order valence-electron chi connectivity index (χ2n) is 7.14. The van der Waals surface area contributed by atoms with E-state index in [0.29, 0.717) is 11.8 Å². The third-order valence-corrected chi connectivity index (χ3v) is 6.19. The maximum Gasteiger partial charge on any atom is 0.123 e. The van der Waals surface area contributed by atoms with Crippen LogP contribution in [-0.2, 0) is 6.54 Å². The monoisotopic (exact) mass is 376 g/mol. The minimum atomic E-state index is -0.334. The first-order valence-electron chi connectivity index (χ1n) is 9.46. The summed E-state index contributed by atoms with van der Waals surface area (Å²) in [5, 5.41) is 12.5. The largest absolute Gasteiger partial charge is 0.386 e. The predicted molar refractivity (Wildman–Crippen MR) is 104 cm³/mol. The molecule has 3 rings (SSSR count). The molecule has 0 spiro atoms. The highest BCUT2D eigenvalue weighted by Gasteiger charge is 2.25. The van der Waals surface area contributed by atoms with Crippen LogP contribution in [0.15, 0.2) is 59.5 Å². The second-order valence-corrected chi connectivity index (χ2v) is 8.23. The summed E-state index contributed by atoms with van der Waals surface area (Å²) in [6, 6.07) is 17.8. The van der Waals surface area contributed by atoms with Crippen molar-refractivity contribution < 1.29 is 19.7 Å². The molecule has 2 aromatic rings. The lowest BCUT2D eigenvalue weighted by molar-refractivity contribution is -0.926. The Morgan fingerprint density at radius 3 is 2.46 bits per heavy atom. The summed E-state index contributed by atoms with van der Waals surface area (Å²) in [6.45, 7) is 4.27. The fraction of sp³-hybridized carbons (Fsp3) is 0.429. The summed E-state index contributed by atoms with van der Waals surface area (Å²) in [7, 11) is 0. The SMILES string of the molecule is O[C@H](C[NH2+]C1CC[NH+](Cc2ccccc2)CC1)CSc1ccc(F)cc1. The lowest BCUT2D eigenvalue weighted by Gasteiger charge is -2.28. The summed E-state index contributed by atoms with van der Waals surface area (Å²) in [4.78, 5) is 2.66. The van der Waals surface area contributed by atoms with Gasteiger partial charge in [-0.05, 0) is 24.3 Å². The lowest BCUT2D eigenvalue weighted by atomic mass is 10.0. The zero-order valence-corrected chi connectivity index (χ0v) is 15.9. The van der Waals surface area contributed by atoms with Crippen LogP contribution in [0, 0.1) is 5.82 Å². The minimum Gasteiger partial charge on any atom is -0.386 e. The van der Waals surface area contributed by atoms with Gasteiger partial charge in [0.05, 0.1) is 19.1 Å². The molecule has 0 aromatic heterocycles. The van der Waals surface area contributed by atoms with Gasteiger partial charge in [0, 0.05) is 29.1 Å². The van der Waals surface area contributed by atoms with Crippen LogP contribution in [0.1, 0.15) is 18.4 Å². The predicted octanol–water partition coefficient (Wildman–Crippen LogP) is 1.09. The van der Waals surface area contributed by atoms with Crippen molar-refractivity contribution >= 4 is 11.8 Å². The average molecular weight is 377 g/mol. The van der Waals surface area contributed by atoms with Crippen LogP contribution < -0.4 is 10.2 Å². The highest BCUT2D eigenvalue weighted by atomic mass is 32.2. The molecule has 0 unspecified atom stereocenters. The summed E-state index contributed by atoms with van der Waals surface area (Å²) in [6.07, 6.45) is 2.08. The van der Waals surface area contributed by atoms with E-state index in [-0.39, 0.29) is 11.9 Å². The van der Waals surface area contributed by atoms with Gasteiger partial charge in [0.25, 0.3) is 0 Å². The quantitative estimate of drug-likeness (QED) is 0.604. The van der Waals surface area contributed by atoms with Gasteiger partial charge in [0.1, 0.15) is 25.0 Å². The van der Waals surface area contributed by atoms with E-state index in [1.807, 2.05) is 0 Å². The molecule has 140 valence electrons. The van der Waals surface area contributed by atoms with Crippen molar-refractivity contribution in [3.63, 3.8) is 0 Å². The number of aliphatic hydroxyl groups is 1. The number of aliphatic hydroxyl groups excluding tert-OH is 1. The Balaban J connectivity index is 1.31. The number of nitrogens with two attached hydrogens (primary N) is 1. The number of halogens is 1. The van der Waals surface area contributed by atoms with Crippen LogP contribution in [0.5, 0.6) is 0 Å². The van der Waals surface area contributed by atoms with Crippen molar-refractivity contribution in [3.8, 4) is 0 Å². The number of nitrogens with one attached hydrogen (secondary N) is 1. The standard InChI is InChI=1S/C21H27FN2OS/c22-18-6-8-21(9-7-18)26-16-20(25)14-23-19-10-12-24(13-11-19)15-17-4-2-1-3-5-17/h1-9,19-20,23,25H,10-16H2/p+2/t20-/m1/s1. The van der Waals surface area contributed by atoms with E-state index in [9.17, 15) is 9.50 Å². The van der Waals surface area contributed by atoms with Gasteiger partial charge in [-0.25, -0.2) is 4.39 Å². The summed E-state index contributed by atoms with van der Waals surface area (Å²) in [5.41, 5.74) is 1.41. The molecule has 1 aliphatic rings. The molecule has 0 radical (unpaired) electrons. The zero-order chi connectivity index (χ0) is 18.2. The van der Waals surface area contributed by atoms with Gasteiger partial charge in [-0.1, -0.05) is 30.3 Å². The molecular formula is C21H29FN2OS+2. The van der Waals surface area contributed by atoms with E-state index in [2.05, 4.69) is 35.6 Å². The molecule has 0 amide bonds. The molecule has 26 heavy (non-hydrogen) atoms. The molecule has 2 aromatic carbocycles. The van der Waals surface area contributed by atoms with Gasteiger partial charge >= 0.3 is 0 Å². The third-order valence-electron chi connectivity index (χ3n) is 5.03.